The van der Waals surface area contributed by atoms with E-state index in [2.05, 4.69) is 25.6 Å². The summed E-state index contributed by atoms with van der Waals surface area (Å²) in [7, 11) is 0. The number of rotatable bonds is 4. The lowest BCUT2D eigenvalue weighted by Crippen LogP contribution is -2.14. The first-order chi connectivity index (χ1) is 11.5. The molecule has 0 fully saturated rings. The molecule has 1 aromatic carbocycles. The number of nitrogens with zero attached hydrogens (tertiary/aromatic N) is 3. The Morgan fingerprint density at radius 1 is 1.17 bits per heavy atom. The van der Waals surface area contributed by atoms with Gasteiger partial charge in [0.25, 0.3) is 5.91 Å². The second-order valence-electron chi connectivity index (χ2n) is 4.79. The molecule has 0 spiro atoms. The molecule has 0 bridgehead atoms. The molecule has 0 saturated heterocycles. The van der Waals surface area contributed by atoms with Crippen LogP contribution in [0.2, 0.25) is 10.3 Å². The fourth-order valence-corrected chi connectivity index (χ4v) is 2.94. The summed E-state index contributed by atoms with van der Waals surface area (Å²) in [6.45, 7) is 1.85. The fraction of sp³-hybridized carbons (Fsp3) is 0.0667. The van der Waals surface area contributed by atoms with Gasteiger partial charge in [-0.25, -0.2) is 15.0 Å². The minimum absolute atomic E-state index is 0.0394. The van der Waals surface area contributed by atoms with Gasteiger partial charge in [-0.2, -0.15) is 0 Å². The van der Waals surface area contributed by atoms with Crippen molar-refractivity contribution in [2.75, 3.05) is 10.6 Å². The minimum Gasteiger partial charge on any atom is -0.340 e. The summed E-state index contributed by atoms with van der Waals surface area (Å²) in [5.41, 5.74) is 1.69. The lowest BCUT2D eigenvalue weighted by atomic mass is 10.3. The Kier molecular flexibility index (Phi) is 4.94. The van der Waals surface area contributed by atoms with Crippen molar-refractivity contribution in [2.45, 2.75) is 6.92 Å². The first kappa shape index (κ1) is 16.6. The first-order valence-corrected chi connectivity index (χ1v) is 8.44. The maximum Gasteiger partial charge on any atom is 0.276 e. The van der Waals surface area contributed by atoms with Gasteiger partial charge in [-0.05, 0) is 36.7 Å². The van der Waals surface area contributed by atoms with E-state index in [9.17, 15) is 4.79 Å². The summed E-state index contributed by atoms with van der Waals surface area (Å²) in [6.07, 6.45) is 0. The van der Waals surface area contributed by atoms with Gasteiger partial charge in [-0.1, -0.05) is 17.7 Å². The van der Waals surface area contributed by atoms with Gasteiger partial charge in [0, 0.05) is 22.2 Å². The molecular formula is C15H11Cl2N5OS. The number of carbonyl (C=O) groups excluding carboxylic acids is 1. The molecule has 0 aliphatic heterocycles. The van der Waals surface area contributed by atoms with Crippen molar-refractivity contribution in [1.29, 1.82) is 0 Å². The number of hydrogen-bond donors (Lipinski definition) is 2. The molecule has 0 aliphatic rings. The molecule has 9 heteroatoms. The van der Waals surface area contributed by atoms with E-state index >= 15 is 0 Å². The third-order valence-electron chi connectivity index (χ3n) is 2.87. The van der Waals surface area contributed by atoms with Crippen molar-refractivity contribution in [1.82, 2.24) is 15.0 Å². The molecule has 2 N–H and O–H groups in total. The largest absolute Gasteiger partial charge is 0.340 e. The lowest BCUT2D eigenvalue weighted by Gasteiger charge is -2.08. The van der Waals surface area contributed by atoms with Crippen LogP contribution in [0.3, 0.4) is 0 Å². The predicted octanol–water partition coefficient (Wildman–Crippen LogP) is 4.54. The molecule has 1 amide bonds. The van der Waals surface area contributed by atoms with Gasteiger partial charge in [-0.15, -0.1) is 11.3 Å². The molecule has 122 valence electrons. The zero-order valence-electron chi connectivity index (χ0n) is 12.4. The van der Waals surface area contributed by atoms with E-state index in [0.717, 1.165) is 11.4 Å². The molecule has 0 atom stereocenters. The number of hydrogen-bond acceptors (Lipinski definition) is 6. The van der Waals surface area contributed by atoms with Gasteiger partial charge in [0.2, 0.25) is 5.28 Å². The second kappa shape index (κ2) is 7.12. The second-order valence-corrected chi connectivity index (χ2v) is 6.42. The van der Waals surface area contributed by atoms with E-state index in [0.29, 0.717) is 16.0 Å². The number of thiazole rings is 1. The van der Waals surface area contributed by atoms with Crippen LogP contribution < -0.4 is 10.6 Å². The molecule has 2 aromatic heterocycles. The maximum atomic E-state index is 12.3. The number of aryl methyl sites for hydroxylation is 1. The molecule has 0 aliphatic carbocycles. The van der Waals surface area contributed by atoms with Crippen LogP contribution in [-0.4, -0.2) is 20.9 Å². The highest BCUT2D eigenvalue weighted by molar-refractivity contribution is 7.13. The van der Waals surface area contributed by atoms with Crippen LogP contribution in [0.4, 0.5) is 16.6 Å². The van der Waals surface area contributed by atoms with Crippen molar-refractivity contribution < 1.29 is 4.79 Å². The molecule has 0 radical (unpaired) electrons. The average molecular weight is 380 g/mol. The molecule has 0 saturated carbocycles. The third kappa shape index (κ3) is 4.19. The number of halogens is 2. The van der Waals surface area contributed by atoms with Gasteiger partial charge in [0.1, 0.15) is 11.5 Å². The topological polar surface area (TPSA) is 79.8 Å². The number of anilines is 3. The standard InChI is InChI=1S/C15H11Cl2N5OS/c1-8-7-24-15(18-8)22-13(23)11-6-12(21-14(17)20-11)19-10-4-2-3-9(16)5-10/h2-7H,1H3,(H,18,22,23)(H,19,20,21). The Bertz CT molecular complexity index is 899. The third-order valence-corrected chi connectivity index (χ3v) is 4.15. The maximum absolute atomic E-state index is 12.3. The Labute approximate surface area is 151 Å². The van der Waals surface area contributed by atoms with Crippen molar-refractivity contribution in [3.8, 4) is 0 Å². The van der Waals surface area contributed by atoms with E-state index in [1.807, 2.05) is 18.4 Å². The highest BCUT2D eigenvalue weighted by Gasteiger charge is 2.13. The number of aromatic nitrogens is 3. The van der Waals surface area contributed by atoms with Gasteiger partial charge in [-0.3, -0.25) is 10.1 Å². The fourth-order valence-electron chi connectivity index (χ4n) is 1.88. The van der Waals surface area contributed by atoms with Crippen molar-refractivity contribution >= 4 is 57.1 Å². The molecule has 0 unspecified atom stereocenters. The number of benzene rings is 1. The zero-order chi connectivity index (χ0) is 17.1. The van der Waals surface area contributed by atoms with Crippen molar-refractivity contribution in [2.24, 2.45) is 0 Å². The van der Waals surface area contributed by atoms with Gasteiger partial charge >= 0.3 is 0 Å². The van der Waals surface area contributed by atoms with Crippen LogP contribution in [0.25, 0.3) is 0 Å². The monoisotopic (exact) mass is 379 g/mol. The Balaban J connectivity index is 1.81. The molecular weight excluding hydrogens is 369 g/mol. The first-order valence-electron chi connectivity index (χ1n) is 6.80. The summed E-state index contributed by atoms with van der Waals surface area (Å²) in [6, 6.07) is 8.61. The summed E-state index contributed by atoms with van der Waals surface area (Å²) in [4.78, 5) is 24.5. The van der Waals surface area contributed by atoms with Crippen LogP contribution in [0.15, 0.2) is 35.7 Å². The van der Waals surface area contributed by atoms with Crippen LogP contribution in [0.5, 0.6) is 0 Å². The smallest absolute Gasteiger partial charge is 0.276 e. The normalized spacial score (nSPS) is 10.5. The Hall–Kier alpha value is -2.22. The molecule has 6 nitrogen and oxygen atoms in total. The van der Waals surface area contributed by atoms with E-state index in [1.54, 1.807) is 18.2 Å². The highest BCUT2D eigenvalue weighted by Crippen LogP contribution is 2.21. The summed E-state index contributed by atoms with van der Waals surface area (Å²) in [5.74, 6) is -0.0273. The Morgan fingerprint density at radius 3 is 2.71 bits per heavy atom. The van der Waals surface area contributed by atoms with Crippen molar-refractivity contribution in [3.63, 3.8) is 0 Å². The highest BCUT2D eigenvalue weighted by atomic mass is 35.5. The van der Waals surface area contributed by atoms with Crippen LogP contribution in [0, 0.1) is 6.92 Å². The number of amides is 1. The van der Waals surface area contributed by atoms with Crippen molar-refractivity contribution in [3.05, 3.63) is 57.4 Å². The zero-order valence-corrected chi connectivity index (χ0v) is 14.7. The minimum atomic E-state index is -0.414. The summed E-state index contributed by atoms with van der Waals surface area (Å²) in [5, 5.41) is 8.59. The number of carbonyl (C=O) groups is 1. The molecule has 24 heavy (non-hydrogen) atoms. The predicted molar refractivity (Wildman–Crippen MR) is 96.6 cm³/mol. The van der Waals surface area contributed by atoms with Crippen LogP contribution >= 0.6 is 34.5 Å². The van der Waals surface area contributed by atoms with Gasteiger partial charge < -0.3 is 5.32 Å². The SMILES string of the molecule is Cc1csc(NC(=O)c2cc(Nc3cccc(Cl)c3)nc(Cl)n2)n1. The lowest BCUT2D eigenvalue weighted by molar-refractivity contribution is 0.102. The van der Waals surface area contributed by atoms with E-state index < -0.39 is 5.91 Å². The molecule has 3 aromatic rings. The molecule has 3 rings (SSSR count). The summed E-state index contributed by atoms with van der Waals surface area (Å²) >= 11 is 13.2. The van der Waals surface area contributed by atoms with Crippen LogP contribution in [0.1, 0.15) is 16.2 Å². The van der Waals surface area contributed by atoms with E-state index in [1.165, 1.54) is 17.4 Å². The summed E-state index contributed by atoms with van der Waals surface area (Å²) < 4.78 is 0. The van der Waals surface area contributed by atoms with Crippen LogP contribution in [-0.2, 0) is 0 Å². The van der Waals surface area contributed by atoms with E-state index in [4.69, 9.17) is 23.2 Å². The van der Waals surface area contributed by atoms with Gasteiger partial charge in [0.05, 0.1) is 5.69 Å². The Morgan fingerprint density at radius 2 is 2.00 bits per heavy atom. The van der Waals surface area contributed by atoms with E-state index in [-0.39, 0.29) is 11.0 Å². The molecule has 2 heterocycles. The number of nitrogens with one attached hydrogen (secondary N) is 2. The average Bonchev–Trinajstić information content (AvgIpc) is 2.91. The quantitative estimate of drug-likeness (QED) is 0.650. The van der Waals surface area contributed by atoms with Gasteiger partial charge in [0.15, 0.2) is 5.13 Å².